The number of fused-ring (bicyclic) bond motifs is 3. The van der Waals surface area contributed by atoms with Gasteiger partial charge in [0.1, 0.15) is 6.33 Å². The minimum atomic E-state index is 0.543. The Bertz CT molecular complexity index is 1130. The van der Waals surface area contributed by atoms with Crippen LogP contribution in [-0.2, 0) is 0 Å². The van der Waals surface area contributed by atoms with Gasteiger partial charge in [-0.1, -0.05) is 49.6 Å². The molecule has 126 valence electrons. The molecule has 0 aliphatic carbocycles. The topological polar surface area (TPSA) is 46.3 Å². The van der Waals surface area contributed by atoms with Gasteiger partial charge < -0.3 is 0 Å². The highest BCUT2D eigenvalue weighted by molar-refractivity contribution is 5.94. The zero-order valence-corrected chi connectivity index (χ0v) is 14.2. The zero-order valence-electron chi connectivity index (χ0n) is 14.2. The first-order chi connectivity index (χ1) is 12.8. The fourth-order valence-corrected chi connectivity index (χ4v) is 3.00. The third-order valence-corrected chi connectivity index (χ3v) is 4.12. The Morgan fingerprint density at radius 1 is 1.00 bits per heavy atom. The van der Waals surface area contributed by atoms with E-state index in [1.165, 1.54) is 0 Å². The summed E-state index contributed by atoms with van der Waals surface area (Å²) in [6, 6.07) is 18.1. The van der Waals surface area contributed by atoms with Crippen LogP contribution in [0.2, 0.25) is 0 Å². The van der Waals surface area contributed by atoms with E-state index in [4.69, 9.17) is 4.98 Å². The van der Waals surface area contributed by atoms with Gasteiger partial charge in [-0.2, -0.15) is 4.98 Å². The quantitative estimate of drug-likeness (QED) is 0.496. The van der Waals surface area contributed by atoms with E-state index in [1.54, 1.807) is 18.5 Å². The summed E-state index contributed by atoms with van der Waals surface area (Å²) in [7, 11) is 0. The van der Waals surface area contributed by atoms with E-state index in [1.807, 2.05) is 70.0 Å². The van der Waals surface area contributed by atoms with Crippen molar-refractivity contribution in [3.8, 4) is 0 Å². The largest absolute Gasteiger partial charge is 0.294 e. The molecule has 0 saturated heterocycles. The van der Waals surface area contributed by atoms with Crippen LogP contribution in [0.5, 0.6) is 0 Å². The summed E-state index contributed by atoms with van der Waals surface area (Å²) in [5.74, 6) is 1.31. The predicted molar refractivity (Wildman–Crippen MR) is 105 cm³/mol. The first-order valence-corrected chi connectivity index (χ1v) is 8.22. The number of hydrogen-bond donors (Lipinski definition) is 0. The summed E-state index contributed by atoms with van der Waals surface area (Å²) < 4.78 is 1.88. The Kier molecular flexibility index (Phi) is 4.03. The van der Waals surface area contributed by atoms with Gasteiger partial charge >= 0.3 is 0 Å². The van der Waals surface area contributed by atoms with Crippen LogP contribution in [0.25, 0.3) is 16.7 Å². The van der Waals surface area contributed by atoms with Gasteiger partial charge in [-0.15, -0.1) is 10.2 Å². The summed E-state index contributed by atoms with van der Waals surface area (Å²) in [6.45, 7) is 7.79. The normalized spacial score (nSPS) is 11.6. The Morgan fingerprint density at radius 2 is 1.77 bits per heavy atom. The first-order valence-electron chi connectivity index (χ1n) is 8.22. The summed E-state index contributed by atoms with van der Waals surface area (Å²) in [6.07, 6.45) is 7.11. The SMILES string of the molecule is C=C/C=C(\C=C)N(c1ccccc1)c1nc2nncn2c2ccccc12. The maximum atomic E-state index is 4.78. The second kappa shape index (κ2) is 6.64. The second-order valence-corrected chi connectivity index (χ2v) is 5.66. The summed E-state index contributed by atoms with van der Waals surface area (Å²) in [5.41, 5.74) is 2.83. The molecule has 0 N–H and O–H groups in total. The lowest BCUT2D eigenvalue weighted by atomic mass is 10.1. The van der Waals surface area contributed by atoms with Crippen molar-refractivity contribution in [1.29, 1.82) is 0 Å². The van der Waals surface area contributed by atoms with E-state index in [0.29, 0.717) is 5.78 Å². The lowest BCUT2D eigenvalue weighted by molar-refractivity contribution is 1.08. The molecular weight excluding hydrogens is 322 g/mol. The lowest BCUT2D eigenvalue weighted by Gasteiger charge is -2.26. The van der Waals surface area contributed by atoms with Crippen molar-refractivity contribution in [2.24, 2.45) is 0 Å². The minimum absolute atomic E-state index is 0.543. The summed E-state index contributed by atoms with van der Waals surface area (Å²) in [4.78, 5) is 6.83. The number of aromatic nitrogens is 4. The van der Waals surface area contributed by atoms with Gasteiger partial charge in [-0.3, -0.25) is 9.30 Å². The van der Waals surface area contributed by atoms with E-state index < -0.39 is 0 Å². The van der Waals surface area contributed by atoms with E-state index in [9.17, 15) is 0 Å². The fourth-order valence-electron chi connectivity index (χ4n) is 3.00. The standard InChI is InChI=1S/C21H17N5/c1-3-10-16(4-2)26(17-11-6-5-7-12-17)20-18-13-8-9-14-19(18)25-15-22-24-21(25)23-20/h3-15H,1-2H2/b16-10+. The van der Waals surface area contributed by atoms with Gasteiger partial charge in [0.05, 0.1) is 5.52 Å². The molecule has 0 bridgehead atoms. The molecule has 5 nitrogen and oxygen atoms in total. The number of rotatable bonds is 5. The predicted octanol–water partition coefficient (Wildman–Crippen LogP) is 4.67. The van der Waals surface area contributed by atoms with E-state index in [0.717, 1.165) is 28.1 Å². The maximum Gasteiger partial charge on any atom is 0.257 e. The first kappa shape index (κ1) is 15.8. The molecule has 5 heteroatoms. The van der Waals surface area contributed by atoms with Gasteiger partial charge in [0, 0.05) is 16.8 Å². The van der Waals surface area contributed by atoms with E-state index in [2.05, 4.69) is 23.4 Å². The molecule has 26 heavy (non-hydrogen) atoms. The zero-order chi connectivity index (χ0) is 17.9. The number of anilines is 2. The highest BCUT2D eigenvalue weighted by Crippen LogP contribution is 2.34. The van der Waals surface area contributed by atoms with Crippen LogP contribution in [0, 0.1) is 0 Å². The van der Waals surface area contributed by atoms with Crippen molar-refractivity contribution in [3.63, 3.8) is 0 Å². The maximum absolute atomic E-state index is 4.78. The van der Waals surface area contributed by atoms with Gasteiger partial charge in [0.2, 0.25) is 0 Å². The molecule has 2 aromatic carbocycles. The molecule has 0 amide bonds. The molecular formula is C21H17N5. The second-order valence-electron chi connectivity index (χ2n) is 5.66. The Hall–Kier alpha value is -3.73. The van der Waals surface area contributed by atoms with Gasteiger partial charge in [-0.05, 0) is 36.4 Å². The lowest BCUT2D eigenvalue weighted by Crippen LogP contribution is -2.17. The smallest absolute Gasteiger partial charge is 0.257 e. The Morgan fingerprint density at radius 3 is 2.54 bits per heavy atom. The van der Waals surface area contributed by atoms with Gasteiger partial charge in [0.15, 0.2) is 5.82 Å². The highest BCUT2D eigenvalue weighted by Gasteiger charge is 2.19. The van der Waals surface area contributed by atoms with Crippen LogP contribution >= 0.6 is 0 Å². The van der Waals surface area contributed by atoms with Crippen LogP contribution in [0.1, 0.15) is 0 Å². The molecule has 0 aliphatic rings. The number of hydrogen-bond acceptors (Lipinski definition) is 4. The molecule has 4 rings (SSSR count). The van der Waals surface area contributed by atoms with Gasteiger partial charge in [-0.25, -0.2) is 0 Å². The molecule has 2 aromatic heterocycles. The molecule has 0 unspecified atom stereocenters. The number of benzene rings is 2. The number of para-hydroxylation sites is 2. The van der Waals surface area contributed by atoms with Crippen LogP contribution in [0.3, 0.4) is 0 Å². The van der Waals surface area contributed by atoms with Crippen LogP contribution in [-0.4, -0.2) is 19.6 Å². The molecule has 2 heterocycles. The molecule has 0 saturated carbocycles. The molecule has 0 aliphatic heterocycles. The Balaban J connectivity index is 2.08. The summed E-state index contributed by atoms with van der Waals surface area (Å²) >= 11 is 0. The molecule has 0 spiro atoms. The average Bonchev–Trinajstić information content (AvgIpc) is 3.17. The van der Waals surface area contributed by atoms with Crippen molar-refractivity contribution in [2.45, 2.75) is 0 Å². The molecule has 0 atom stereocenters. The third-order valence-electron chi connectivity index (χ3n) is 4.12. The monoisotopic (exact) mass is 339 g/mol. The molecule has 0 fully saturated rings. The van der Waals surface area contributed by atoms with Crippen molar-refractivity contribution in [2.75, 3.05) is 4.90 Å². The van der Waals surface area contributed by atoms with Crippen LogP contribution < -0.4 is 4.90 Å². The molecule has 4 aromatic rings. The van der Waals surface area contributed by atoms with Crippen molar-refractivity contribution >= 4 is 28.2 Å². The van der Waals surface area contributed by atoms with Crippen molar-refractivity contribution < 1.29 is 0 Å². The fraction of sp³-hybridized carbons (Fsp3) is 0. The minimum Gasteiger partial charge on any atom is -0.294 e. The number of nitrogens with zero attached hydrogens (tertiary/aromatic N) is 5. The number of allylic oxidation sites excluding steroid dienone is 3. The van der Waals surface area contributed by atoms with E-state index in [-0.39, 0.29) is 0 Å². The van der Waals surface area contributed by atoms with Crippen molar-refractivity contribution in [1.82, 2.24) is 19.6 Å². The van der Waals surface area contributed by atoms with Crippen LogP contribution in [0.4, 0.5) is 11.5 Å². The van der Waals surface area contributed by atoms with Gasteiger partial charge in [0.25, 0.3) is 5.78 Å². The van der Waals surface area contributed by atoms with E-state index >= 15 is 0 Å². The highest BCUT2D eigenvalue weighted by atomic mass is 15.3. The average molecular weight is 339 g/mol. The van der Waals surface area contributed by atoms with Crippen molar-refractivity contribution in [3.05, 3.63) is 98.0 Å². The molecule has 0 radical (unpaired) electrons. The third kappa shape index (κ3) is 2.56. The Labute approximate surface area is 151 Å². The van der Waals surface area contributed by atoms with Crippen LogP contribution in [0.15, 0.2) is 98.0 Å². The summed E-state index contributed by atoms with van der Waals surface area (Å²) in [5, 5.41) is 9.14.